The predicted octanol–water partition coefficient (Wildman–Crippen LogP) is 2.99. The third kappa shape index (κ3) is 17.5. The molecule has 0 aliphatic carbocycles. The van der Waals surface area contributed by atoms with Gasteiger partial charge in [-0.15, -0.1) is 0 Å². The molecule has 11 heteroatoms. The molecule has 0 spiro atoms. The van der Waals surface area contributed by atoms with Crippen LogP contribution in [0.1, 0.15) is 0 Å². The maximum absolute atomic E-state index is 9.08. The number of hydrogen-bond donors (Lipinski definition) is 0. The van der Waals surface area contributed by atoms with E-state index in [1.54, 1.807) is 0 Å². The van der Waals surface area contributed by atoms with Crippen molar-refractivity contribution in [3.63, 3.8) is 0 Å². The van der Waals surface area contributed by atoms with Gasteiger partial charge in [0.05, 0.1) is 40.8 Å². The summed E-state index contributed by atoms with van der Waals surface area (Å²) in [4.78, 5) is 30.0. The van der Waals surface area contributed by atoms with Gasteiger partial charge in [-0.2, -0.15) is 0 Å². The first-order valence-electron chi connectivity index (χ1n) is 11.8. The summed E-state index contributed by atoms with van der Waals surface area (Å²) in [5.41, 5.74) is 0. The Hall–Kier alpha value is -3.15. The van der Waals surface area contributed by atoms with E-state index in [1.165, 1.54) is 33.5 Å². The van der Waals surface area contributed by atoms with Crippen LogP contribution in [0.5, 0.6) is 0 Å². The van der Waals surface area contributed by atoms with Gasteiger partial charge in [-0.05, 0) is 42.8 Å². The molecule has 4 aromatic rings. The molecule has 0 atom stereocenters. The van der Waals surface area contributed by atoms with Crippen LogP contribution in [0.3, 0.4) is 0 Å². The standard InChI is InChI=1S/C27H27P2.CH4O3S.4CO.Fe/c1-29(26-18-10-4-11-19-26,27-20-12-5-13-21-27)23-22-28(24-14-6-2-7-15-24)25-16-8-3-9-17-25;1-5(2,3)4;4*1-2;/h2-21H,22-23H2,1H3;1H3,(H,2,3,4);;;;;/q+1;;;;;;/p-1. The molecule has 224 valence electrons. The van der Waals surface area contributed by atoms with Crippen LogP contribution in [0, 0.1) is 0 Å². The maximum Gasteiger partial charge on any atom is 0.281 e. The van der Waals surface area contributed by atoms with Crippen LogP contribution in [0.4, 0.5) is 0 Å². The van der Waals surface area contributed by atoms with Gasteiger partial charge < -0.3 is 4.55 Å². The van der Waals surface area contributed by atoms with Crippen molar-refractivity contribution in [2.45, 2.75) is 0 Å². The fourth-order valence-corrected chi connectivity index (χ4v) is 10.6. The average Bonchev–Trinajstić information content (AvgIpc) is 3.06. The zero-order chi connectivity index (χ0) is 32.4. The molecular formula is C32H30FeO7P2S. The van der Waals surface area contributed by atoms with Gasteiger partial charge in [0.25, 0.3) is 27.2 Å². The Morgan fingerprint density at radius 1 is 0.581 bits per heavy atom. The van der Waals surface area contributed by atoms with Gasteiger partial charge in [0, 0.05) is 29.5 Å². The van der Waals surface area contributed by atoms with E-state index in [9.17, 15) is 0 Å². The molecule has 0 saturated carbocycles. The Morgan fingerprint density at radius 2 is 0.814 bits per heavy atom. The number of benzene rings is 4. The second-order valence-corrected chi connectivity index (χ2v) is 15.7. The summed E-state index contributed by atoms with van der Waals surface area (Å²) in [6, 6.07) is 44.5. The molecule has 0 unspecified atom stereocenters. The summed E-state index contributed by atoms with van der Waals surface area (Å²) in [5.74, 6) is 0. The number of rotatable bonds is 7. The minimum Gasteiger partial charge on any atom is -0.748 e. The molecule has 43 heavy (non-hydrogen) atoms. The van der Waals surface area contributed by atoms with E-state index < -0.39 is 17.4 Å². The Kier molecular flexibility index (Phi) is 27.3. The average molecular weight is 676 g/mol. The van der Waals surface area contributed by atoms with Crippen molar-refractivity contribution < 1.29 is 49.2 Å². The molecule has 0 aromatic heterocycles. The SMILES string of the molecule is CS(=O)(=O)[O-].C[P+](CCP(c1ccccc1)c1ccccc1)(c1ccccc1)c1ccccc1.[C]=O.[C]=O.[C]=O.[C]=O.[Fe]. The molecule has 0 heterocycles. The predicted molar refractivity (Wildman–Crippen MR) is 172 cm³/mol. The Bertz CT molecular complexity index is 1220. The molecule has 0 bridgehead atoms. The van der Waals surface area contributed by atoms with E-state index in [1.807, 2.05) is 0 Å². The van der Waals surface area contributed by atoms with Crippen molar-refractivity contribution >= 4 is 73.7 Å². The van der Waals surface area contributed by atoms with Crippen LogP contribution in [-0.4, -0.2) is 65.4 Å². The first-order valence-corrected chi connectivity index (χ1v) is 17.6. The molecule has 0 aliphatic heterocycles. The summed E-state index contributed by atoms with van der Waals surface area (Å²) < 4.78 is 27.2. The Balaban J connectivity index is -0.000000995. The molecular weight excluding hydrogens is 646 g/mol. The Labute approximate surface area is 268 Å². The van der Waals surface area contributed by atoms with Gasteiger partial charge in [0.15, 0.2) is 0 Å². The molecule has 0 fully saturated rings. The van der Waals surface area contributed by atoms with E-state index in [-0.39, 0.29) is 25.0 Å². The summed E-state index contributed by atoms with van der Waals surface area (Å²) in [6.45, 7) is 20.5. The quantitative estimate of drug-likeness (QED) is 0.168. The van der Waals surface area contributed by atoms with Crippen LogP contribution in [0.2, 0.25) is 0 Å². The first kappa shape index (κ1) is 44.3. The van der Waals surface area contributed by atoms with Crippen LogP contribution in [-0.2, 0) is 46.4 Å². The minimum atomic E-state index is -3.92. The van der Waals surface area contributed by atoms with E-state index >= 15 is 0 Å². The van der Waals surface area contributed by atoms with Crippen LogP contribution in [0.15, 0.2) is 121 Å². The third-order valence-electron chi connectivity index (χ3n) is 5.56. The second kappa shape index (κ2) is 26.5. The maximum atomic E-state index is 9.08. The minimum absolute atomic E-state index is 0. The van der Waals surface area contributed by atoms with Crippen LogP contribution in [0.25, 0.3) is 0 Å². The van der Waals surface area contributed by atoms with Crippen molar-refractivity contribution in [2.24, 2.45) is 0 Å². The fourth-order valence-electron chi connectivity index (χ4n) is 3.84. The summed E-state index contributed by atoms with van der Waals surface area (Å²) >= 11 is 0. The molecule has 0 saturated heterocycles. The zero-order valence-electron chi connectivity index (χ0n) is 23.5. The van der Waals surface area contributed by atoms with Crippen molar-refractivity contribution in [3.8, 4) is 0 Å². The number of carbonyl (C=O) groups excluding carboxylic acids is 4. The second-order valence-electron chi connectivity index (χ2n) is 8.11. The van der Waals surface area contributed by atoms with E-state index in [0.717, 1.165) is 0 Å². The van der Waals surface area contributed by atoms with Gasteiger partial charge in [-0.25, -0.2) is 8.42 Å². The summed E-state index contributed by atoms with van der Waals surface area (Å²) in [6.07, 6.45) is 3.03. The Morgan fingerprint density at radius 3 is 1.07 bits per heavy atom. The van der Waals surface area contributed by atoms with Crippen molar-refractivity contribution in [1.82, 2.24) is 0 Å². The van der Waals surface area contributed by atoms with E-state index in [0.29, 0.717) is 6.26 Å². The fraction of sp³-hybridized carbons (Fsp3) is 0.125. The molecule has 4 aromatic carbocycles. The molecule has 8 radical (unpaired) electrons. The van der Waals surface area contributed by atoms with Crippen LogP contribution < -0.4 is 21.2 Å². The van der Waals surface area contributed by atoms with Crippen molar-refractivity contribution in [3.05, 3.63) is 121 Å². The van der Waals surface area contributed by atoms with Gasteiger partial charge in [-0.1, -0.05) is 97.1 Å². The van der Waals surface area contributed by atoms with Gasteiger partial charge in [-0.3, -0.25) is 19.2 Å². The largest absolute Gasteiger partial charge is 0.748 e. The van der Waals surface area contributed by atoms with Crippen molar-refractivity contribution in [1.29, 1.82) is 0 Å². The van der Waals surface area contributed by atoms with Gasteiger partial charge in [0.2, 0.25) is 0 Å². The zero-order valence-corrected chi connectivity index (χ0v) is 27.2. The monoisotopic (exact) mass is 676 g/mol. The van der Waals surface area contributed by atoms with Gasteiger partial charge >= 0.3 is 0 Å². The van der Waals surface area contributed by atoms with Gasteiger partial charge in [0.1, 0.15) is 0 Å². The smallest absolute Gasteiger partial charge is 0.281 e. The van der Waals surface area contributed by atoms with E-state index in [2.05, 4.69) is 155 Å². The molecule has 0 amide bonds. The molecule has 0 N–H and O–H groups in total. The molecule has 7 nitrogen and oxygen atoms in total. The normalized spacial score (nSPS) is 9.49. The third-order valence-corrected chi connectivity index (χ3v) is 12.4. The molecule has 0 aliphatic rings. The van der Waals surface area contributed by atoms with Crippen LogP contribution >= 0.6 is 15.2 Å². The van der Waals surface area contributed by atoms with E-state index in [4.69, 9.17) is 32.1 Å². The summed E-state index contributed by atoms with van der Waals surface area (Å²) in [7, 11) is -5.74. The molecule has 4 rings (SSSR count). The summed E-state index contributed by atoms with van der Waals surface area (Å²) in [5, 5.41) is 5.95. The first-order chi connectivity index (χ1) is 20.3. The number of hydrogen-bond acceptors (Lipinski definition) is 7. The topological polar surface area (TPSA) is 125 Å². The van der Waals surface area contributed by atoms with Crippen molar-refractivity contribution in [2.75, 3.05) is 25.2 Å².